The van der Waals surface area contributed by atoms with E-state index in [1.54, 1.807) is 18.7 Å². The molecule has 2 aromatic carbocycles. The van der Waals surface area contributed by atoms with E-state index in [0.29, 0.717) is 23.2 Å². The zero-order valence-corrected chi connectivity index (χ0v) is 18.8. The minimum Gasteiger partial charge on any atom is -0.497 e. The van der Waals surface area contributed by atoms with E-state index in [0.717, 1.165) is 29.1 Å². The first-order valence-corrected chi connectivity index (χ1v) is 11.0. The Balaban J connectivity index is 1.47. The molecular formula is C23H23N5O3S. The summed E-state index contributed by atoms with van der Waals surface area (Å²) < 4.78 is 12.5. The van der Waals surface area contributed by atoms with Gasteiger partial charge in [0.25, 0.3) is 5.91 Å². The summed E-state index contributed by atoms with van der Waals surface area (Å²) in [7, 11) is 1.60. The number of anilines is 1. The first-order chi connectivity index (χ1) is 15.6. The maximum Gasteiger partial charge on any atom is 0.279 e. The monoisotopic (exact) mass is 449 g/mol. The summed E-state index contributed by atoms with van der Waals surface area (Å²) in [5.41, 5.74) is 3.35. The molecule has 0 saturated carbocycles. The van der Waals surface area contributed by atoms with Gasteiger partial charge in [-0.25, -0.2) is 9.67 Å². The molecule has 0 aliphatic rings. The molecule has 0 fully saturated rings. The van der Waals surface area contributed by atoms with Crippen molar-refractivity contribution in [2.75, 3.05) is 19.0 Å². The molecule has 0 bridgehead atoms. The van der Waals surface area contributed by atoms with Gasteiger partial charge in [-0.2, -0.15) is 0 Å². The minimum absolute atomic E-state index is 0.238. The summed E-state index contributed by atoms with van der Waals surface area (Å²) in [4.78, 5) is 17.3. The predicted octanol–water partition coefficient (Wildman–Crippen LogP) is 4.75. The molecule has 32 heavy (non-hydrogen) atoms. The van der Waals surface area contributed by atoms with E-state index in [1.807, 2.05) is 53.9 Å². The van der Waals surface area contributed by atoms with Crippen molar-refractivity contribution in [1.29, 1.82) is 0 Å². The number of carbonyl (C=O) groups is 1. The topological polar surface area (TPSA) is 91.2 Å². The normalized spacial score (nSPS) is 10.7. The molecular weight excluding hydrogens is 426 g/mol. The Morgan fingerprint density at radius 1 is 1.16 bits per heavy atom. The van der Waals surface area contributed by atoms with E-state index < -0.39 is 0 Å². The van der Waals surface area contributed by atoms with Crippen molar-refractivity contribution in [3.8, 4) is 28.4 Å². The highest BCUT2D eigenvalue weighted by molar-refractivity contribution is 7.14. The van der Waals surface area contributed by atoms with Crippen LogP contribution in [0.25, 0.3) is 16.9 Å². The second-order valence-electron chi connectivity index (χ2n) is 7.00. The predicted molar refractivity (Wildman–Crippen MR) is 124 cm³/mol. The van der Waals surface area contributed by atoms with Crippen LogP contribution in [-0.4, -0.2) is 39.6 Å². The number of methoxy groups -OCH3 is 1. The van der Waals surface area contributed by atoms with Gasteiger partial charge < -0.3 is 9.47 Å². The molecule has 0 atom stereocenters. The lowest BCUT2D eigenvalue weighted by molar-refractivity contribution is 0.102. The van der Waals surface area contributed by atoms with E-state index in [-0.39, 0.29) is 11.6 Å². The van der Waals surface area contributed by atoms with Crippen LogP contribution in [0.15, 0.2) is 53.9 Å². The van der Waals surface area contributed by atoms with Crippen molar-refractivity contribution in [3.05, 3.63) is 65.3 Å². The maximum absolute atomic E-state index is 12.8. The van der Waals surface area contributed by atoms with Crippen LogP contribution < -0.4 is 14.8 Å². The average molecular weight is 450 g/mol. The van der Waals surface area contributed by atoms with E-state index in [2.05, 4.69) is 27.5 Å². The molecule has 0 radical (unpaired) electrons. The molecule has 164 valence electrons. The Kier molecular flexibility index (Phi) is 6.46. The largest absolute Gasteiger partial charge is 0.497 e. The van der Waals surface area contributed by atoms with Crippen LogP contribution in [0.5, 0.6) is 11.5 Å². The molecule has 4 aromatic rings. The maximum atomic E-state index is 12.8. The molecule has 2 heterocycles. The lowest BCUT2D eigenvalue weighted by atomic mass is 10.2. The lowest BCUT2D eigenvalue weighted by Gasteiger charge is -2.06. The van der Waals surface area contributed by atoms with Gasteiger partial charge in [-0.3, -0.25) is 10.1 Å². The van der Waals surface area contributed by atoms with Gasteiger partial charge >= 0.3 is 0 Å². The molecule has 0 saturated heterocycles. The molecule has 9 heteroatoms. The number of nitrogens with zero attached hydrogens (tertiary/aromatic N) is 4. The van der Waals surface area contributed by atoms with Gasteiger partial charge in [-0.15, -0.1) is 16.4 Å². The number of benzene rings is 2. The first kappa shape index (κ1) is 21.5. The fraction of sp³-hybridized carbons (Fsp3) is 0.217. The number of carbonyl (C=O) groups excluding carboxylic acids is 1. The third kappa shape index (κ3) is 4.62. The summed E-state index contributed by atoms with van der Waals surface area (Å²) in [5, 5.41) is 13.4. The van der Waals surface area contributed by atoms with Crippen molar-refractivity contribution in [2.24, 2.45) is 0 Å². The molecule has 0 aliphatic heterocycles. The number of amides is 1. The van der Waals surface area contributed by atoms with Crippen LogP contribution in [-0.2, 0) is 0 Å². The first-order valence-electron chi connectivity index (χ1n) is 10.2. The van der Waals surface area contributed by atoms with E-state index in [4.69, 9.17) is 9.47 Å². The fourth-order valence-corrected chi connectivity index (χ4v) is 3.80. The van der Waals surface area contributed by atoms with Crippen LogP contribution in [0.4, 0.5) is 5.13 Å². The Morgan fingerprint density at radius 3 is 2.72 bits per heavy atom. The third-order valence-electron chi connectivity index (χ3n) is 4.76. The number of hydrogen-bond acceptors (Lipinski definition) is 7. The van der Waals surface area contributed by atoms with Gasteiger partial charge in [-0.1, -0.05) is 18.2 Å². The Labute approximate surface area is 189 Å². The van der Waals surface area contributed by atoms with Crippen molar-refractivity contribution in [2.45, 2.75) is 20.3 Å². The number of rotatable bonds is 8. The highest BCUT2D eigenvalue weighted by Gasteiger charge is 2.19. The molecule has 1 N–H and O–H groups in total. The lowest BCUT2D eigenvalue weighted by Crippen LogP contribution is -2.14. The Bertz CT molecular complexity index is 1220. The van der Waals surface area contributed by atoms with Crippen LogP contribution in [0, 0.1) is 6.92 Å². The van der Waals surface area contributed by atoms with E-state index in [1.165, 1.54) is 11.3 Å². The fourth-order valence-electron chi connectivity index (χ4n) is 3.09. The standard InChI is InChI=1S/C23H23N5O3S/c1-4-12-31-18-10-8-16(9-11-18)20-14-32-23(24-20)25-22(29)21-15(2)28(27-26-21)17-6-5-7-19(13-17)30-3/h5-11,13-14H,4,12H2,1-3H3,(H,24,25,29). The van der Waals surface area contributed by atoms with Gasteiger partial charge in [0.1, 0.15) is 11.5 Å². The SMILES string of the molecule is CCCOc1ccc(-c2csc(NC(=O)c3nnn(-c4cccc(OC)c4)c3C)n2)cc1. The molecule has 0 aliphatic carbocycles. The zero-order chi connectivity index (χ0) is 22.5. The van der Waals surface area contributed by atoms with Gasteiger partial charge in [0.2, 0.25) is 0 Å². The highest BCUT2D eigenvalue weighted by atomic mass is 32.1. The second-order valence-corrected chi connectivity index (χ2v) is 7.86. The van der Waals surface area contributed by atoms with E-state index in [9.17, 15) is 4.79 Å². The number of thiazole rings is 1. The second kappa shape index (κ2) is 9.61. The Hall–Kier alpha value is -3.72. The average Bonchev–Trinajstić information content (AvgIpc) is 3.44. The summed E-state index contributed by atoms with van der Waals surface area (Å²) in [6.45, 7) is 4.55. The Morgan fingerprint density at radius 2 is 1.97 bits per heavy atom. The van der Waals surface area contributed by atoms with E-state index >= 15 is 0 Å². The van der Waals surface area contributed by atoms with Crippen molar-refractivity contribution in [1.82, 2.24) is 20.0 Å². The molecule has 0 spiro atoms. The van der Waals surface area contributed by atoms with Crippen LogP contribution in [0.2, 0.25) is 0 Å². The summed E-state index contributed by atoms with van der Waals surface area (Å²) >= 11 is 1.35. The van der Waals surface area contributed by atoms with Crippen LogP contribution in [0.3, 0.4) is 0 Å². The molecule has 2 aromatic heterocycles. The summed E-state index contributed by atoms with van der Waals surface area (Å²) in [6.07, 6.45) is 0.962. The quantitative estimate of drug-likeness (QED) is 0.417. The van der Waals surface area contributed by atoms with Crippen LogP contribution >= 0.6 is 11.3 Å². The number of aromatic nitrogens is 4. The van der Waals surface area contributed by atoms with Gasteiger partial charge in [0.05, 0.1) is 30.8 Å². The molecule has 8 nitrogen and oxygen atoms in total. The van der Waals surface area contributed by atoms with Crippen LogP contribution in [0.1, 0.15) is 29.5 Å². The summed E-state index contributed by atoms with van der Waals surface area (Å²) in [6, 6.07) is 15.1. The summed E-state index contributed by atoms with van der Waals surface area (Å²) in [5.74, 6) is 1.17. The number of nitrogens with one attached hydrogen (secondary N) is 1. The van der Waals surface area contributed by atoms with Gasteiger partial charge in [-0.05, 0) is 49.7 Å². The van der Waals surface area contributed by atoms with Crippen molar-refractivity contribution < 1.29 is 14.3 Å². The van der Waals surface area contributed by atoms with Crippen molar-refractivity contribution in [3.63, 3.8) is 0 Å². The minimum atomic E-state index is -0.360. The zero-order valence-electron chi connectivity index (χ0n) is 18.0. The van der Waals surface area contributed by atoms with Gasteiger partial charge in [0.15, 0.2) is 10.8 Å². The highest BCUT2D eigenvalue weighted by Crippen LogP contribution is 2.27. The smallest absolute Gasteiger partial charge is 0.279 e. The number of hydrogen-bond donors (Lipinski definition) is 1. The third-order valence-corrected chi connectivity index (χ3v) is 5.51. The molecule has 0 unspecified atom stereocenters. The van der Waals surface area contributed by atoms with Gasteiger partial charge in [0, 0.05) is 17.0 Å². The number of ether oxygens (including phenoxy) is 2. The molecule has 4 rings (SSSR count). The molecule has 1 amide bonds. The van der Waals surface area contributed by atoms with Crippen molar-refractivity contribution >= 4 is 22.4 Å².